The van der Waals surface area contributed by atoms with E-state index in [1.54, 1.807) is 18.5 Å². The fraction of sp³-hybridized carbons (Fsp3) is 0.429. The van der Waals surface area contributed by atoms with Gasteiger partial charge in [-0.05, 0) is 0 Å². The Labute approximate surface area is 70.2 Å². The Kier molecular flexibility index (Phi) is 2.03. The van der Waals surface area contributed by atoms with Crippen LogP contribution in [0.5, 0.6) is 0 Å². The summed E-state index contributed by atoms with van der Waals surface area (Å²) < 4.78 is 2.17. The van der Waals surface area contributed by atoms with Crippen LogP contribution < -0.4 is 10.0 Å². The number of carbonyl (C=O) groups excluding carboxylic acids is 1. The van der Waals surface area contributed by atoms with Crippen molar-refractivity contribution in [1.29, 1.82) is 0 Å². The second-order valence-electron chi connectivity index (χ2n) is 2.57. The predicted octanol–water partition coefficient (Wildman–Crippen LogP) is -0.673. The van der Waals surface area contributed by atoms with Gasteiger partial charge in [0.1, 0.15) is 0 Å². The van der Waals surface area contributed by atoms with Crippen molar-refractivity contribution in [3.05, 3.63) is 22.9 Å². The molecule has 0 aliphatic carbocycles. The Morgan fingerprint density at radius 3 is 2.67 bits per heavy atom. The van der Waals surface area contributed by atoms with Gasteiger partial charge in [0.15, 0.2) is 5.69 Å². The molecule has 0 atom stereocenters. The second-order valence-corrected chi connectivity index (χ2v) is 2.57. The Balaban J connectivity index is 3.22. The first-order chi connectivity index (χ1) is 5.57. The minimum atomic E-state index is -0.358. The zero-order valence-electron chi connectivity index (χ0n) is 7.29. The maximum Gasteiger partial charge on any atom is 0.295 e. The molecule has 5 nitrogen and oxygen atoms in total. The number of carbonyl (C=O) groups is 1. The molecule has 0 aromatic carbocycles. The van der Waals surface area contributed by atoms with Gasteiger partial charge in [-0.25, -0.2) is 9.30 Å². The smallest absolute Gasteiger partial charge is 0.295 e. The molecule has 1 aromatic heterocycles. The normalized spacial score (nSPS) is 9.92. The molecule has 0 aliphatic heterocycles. The Hall–Kier alpha value is -1.52. The Morgan fingerprint density at radius 1 is 1.75 bits per heavy atom. The molecular weight excluding hydrogens is 158 g/mol. The quantitative estimate of drug-likeness (QED) is 0.447. The summed E-state index contributed by atoms with van der Waals surface area (Å²) in [6.45, 7) is 1.72. The van der Waals surface area contributed by atoms with Crippen LogP contribution >= 0.6 is 0 Å². The van der Waals surface area contributed by atoms with E-state index in [0.717, 1.165) is 0 Å². The zero-order chi connectivity index (χ0) is 9.30. The number of aryl methyl sites for hydroxylation is 1. The molecule has 1 amide bonds. The lowest BCUT2D eigenvalue weighted by Crippen LogP contribution is -2.36. The molecule has 1 rings (SSSR count). The van der Waals surface area contributed by atoms with E-state index in [9.17, 15) is 10.0 Å². The van der Waals surface area contributed by atoms with Gasteiger partial charge >= 0.3 is 0 Å². The van der Waals surface area contributed by atoms with E-state index in [4.69, 9.17) is 0 Å². The SMILES string of the molecule is CNC(=O)c1c(C)n(C)c[n+]1[O-]. The standard InChI is InChI=1S/C7H11N3O2/c1-5-6(7(11)8-2)10(12)4-9(5)3/h4H,1-3H3,(H,8,11). The molecule has 5 heteroatoms. The predicted molar refractivity (Wildman–Crippen MR) is 42.5 cm³/mol. The molecule has 0 radical (unpaired) electrons. The number of nitrogens with zero attached hydrogens (tertiary/aromatic N) is 2. The average molecular weight is 169 g/mol. The van der Waals surface area contributed by atoms with Gasteiger partial charge in [-0.3, -0.25) is 4.79 Å². The highest BCUT2D eigenvalue weighted by atomic mass is 16.5. The van der Waals surface area contributed by atoms with E-state index < -0.39 is 0 Å². The zero-order valence-corrected chi connectivity index (χ0v) is 7.29. The van der Waals surface area contributed by atoms with Gasteiger partial charge in [0.25, 0.3) is 5.91 Å². The average Bonchev–Trinajstić information content (AvgIpc) is 2.26. The molecular formula is C7H11N3O2. The van der Waals surface area contributed by atoms with Gasteiger partial charge in [-0.15, -0.1) is 0 Å². The van der Waals surface area contributed by atoms with E-state index in [0.29, 0.717) is 10.4 Å². The topological polar surface area (TPSA) is 61.0 Å². The molecule has 0 spiro atoms. The minimum Gasteiger partial charge on any atom is -0.710 e. The van der Waals surface area contributed by atoms with Crippen molar-refractivity contribution in [1.82, 2.24) is 9.88 Å². The van der Waals surface area contributed by atoms with Crippen LogP contribution in [0.1, 0.15) is 16.2 Å². The monoisotopic (exact) mass is 169 g/mol. The van der Waals surface area contributed by atoms with E-state index in [-0.39, 0.29) is 11.6 Å². The summed E-state index contributed by atoms with van der Waals surface area (Å²) in [5.41, 5.74) is 0.810. The van der Waals surface area contributed by atoms with E-state index in [2.05, 4.69) is 5.32 Å². The van der Waals surface area contributed by atoms with Gasteiger partial charge in [0.05, 0.1) is 7.05 Å². The number of amides is 1. The highest BCUT2D eigenvalue weighted by Gasteiger charge is 2.19. The van der Waals surface area contributed by atoms with Crippen molar-refractivity contribution in [3.63, 3.8) is 0 Å². The molecule has 12 heavy (non-hydrogen) atoms. The minimum absolute atomic E-state index is 0.153. The van der Waals surface area contributed by atoms with Crippen LogP contribution in [0.25, 0.3) is 0 Å². The van der Waals surface area contributed by atoms with Crippen molar-refractivity contribution in [2.24, 2.45) is 7.05 Å². The summed E-state index contributed by atoms with van der Waals surface area (Å²) in [5.74, 6) is -0.358. The third kappa shape index (κ3) is 1.13. The van der Waals surface area contributed by atoms with Crippen LogP contribution in [0.4, 0.5) is 0 Å². The van der Waals surface area contributed by atoms with E-state index in [1.165, 1.54) is 13.4 Å². The van der Waals surface area contributed by atoms with E-state index in [1.807, 2.05) is 0 Å². The van der Waals surface area contributed by atoms with Gasteiger partial charge in [0, 0.05) is 14.0 Å². The van der Waals surface area contributed by atoms with Gasteiger partial charge in [-0.2, -0.15) is 0 Å². The van der Waals surface area contributed by atoms with Crippen LogP contribution in [0.3, 0.4) is 0 Å². The summed E-state index contributed by atoms with van der Waals surface area (Å²) in [5, 5.41) is 13.5. The number of hydrogen-bond donors (Lipinski definition) is 1. The lowest BCUT2D eigenvalue weighted by atomic mass is 10.3. The maximum absolute atomic E-state index is 11.1. The lowest BCUT2D eigenvalue weighted by molar-refractivity contribution is -0.607. The summed E-state index contributed by atoms with van der Waals surface area (Å²) in [4.78, 5) is 11.1. The van der Waals surface area contributed by atoms with Crippen LogP contribution in [-0.2, 0) is 7.05 Å². The largest absolute Gasteiger partial charge is 0.710 e. The molecule has 1 N–H and O–H groups in total. The summed E-state index contributed by atoms with van der Waals surface area (Å²) in [6, 6.07) is 0. The van der Waals surface area contributed by atoms with Crippen LogP contribution in [0.15, 0.2) is 6.33 Å². The molecule has 66 valence electrons. The van der Waals surface area contributed by atoms with Crippen molar-refractivity contribution in [2.45, 2.75) is 6.92 Å². The van der Waals surface area contributed by atoms with Gasteiger partial charge in [-0.1, -0.05) is 0 Å². The van der Waals surface area contributed by atoms with Crippen LogP contribution in [-0.4, -0.2) is 17.5 Å². The van der Waals surface area contributed by atoms with Crippen molar-refractivity contribution >= 4 is 5.91 Å². The Bertz CT molecular complexity index is 317. The van der Waals surface area contributed by atoms with Crippen molar-refractivity contribution < 1.29 is 9.52 Å². The number of nitrogens with one attached hydrogen (secondary N) is 1. The highest BCUT2D eigenvalue weighted by molar-refractivity contribution is 5.91. The molecule has 0 aliphatic rings. The molecule has 0 fully saturated rings. The number of rotatable bonds is 1. The van der Waals surface area contributed by atoms with E-state index >= 15 is 0 Å². The lowest BCUT2D eigenvalue weighted by Gasteiger charge is -2.00. The fourth-order valence-electron chi connectivity index (χ4n) is 1.01. The van der Waals surface area contributed by atoms with Gasteiger partial charge < -0.3 is 10.5 Å². The molecule has 1 heterocycles. The van der Waals surface area contributed by atoms with Crippen molar-refractivity contribution in [2.75, 3.05) is 7.05 Å². The van der Waals surface area contributed by atoms with Gasteiger partial charge in [0.2, 0.25) is 12.0 Å². The summed E-state index contributed by atoms with van der Waals surface area (Å²) in [6.07, 6.45) is 1.32. The van der Waals surface area contributed by atoms with Crippen LogP contribution in [0.2, 0.25) is 0 Å². The first-order valence-electron chi connectivity index (χ1n) is 3.55. The molecule has 1 aromatic rings. The fourth-order valence-corrected chi connectivity index (χ4v) is 1.01. The highest BCUT2D eigenvalue weighted by Crippen LogP contribution is 2.00. The second kappa shape index (κ2) is 2.84. The molecule has 0 unspecified atom stereocenters. The molecule has 0 saturated heterocycles. The summed E-state index contributed by atoms with van der Waals surface area (Å²) >= 11 is 0. The molecule has 0 bridgehead atoms. The molecule has 0 saturated carbocycles. The maximum atomic E-state index is 11.1. The summed E-state index contributed by atoms with van der Waals surface area (Å²) in [7, 11) is 3.21. The first kappa shape index (κ1) is 8.58. The van der Waals surface area contributed by atoms with Crippen LogP contribution in [0, 0.1) is 12.1 Å². The number of aromatic nitrogens is 2. The third-order valence-electron chi connectivity index (χ3n) is 1.81. The number of imidazole rings is 1. The Morgan fingerprint density at radius 2 is 2.33 bits per heavy atom. The third-order valence-corrected chi connectivity index (χ3v) is 1.81. The first-order valence-corrected chi connectivity index (χ1v) is 3.55. The number of hydrogen-bond acceptors (Lipinski definition) is 2. The van der Waals surface area contributed by atoms with Crippen molar-refractivity contribution in [3.8, 4) is 0 Å².